The number of aryl methyl sites for hydroxylation is 1. The molecule has 0 spiro atoms. The average molecular weight is 329 g/mol. The molecule has 4 atom stereocenters. The molecule has 1 unspecified atom stereocenters. The number of hydrogen-bond acceptors (Lipinski definition) is 2. The quantitative estimate of drug-likeness (QED) is 0.823. The van der Waals surface area contributed by atoms with Gasteiger partial charge in [0.05, 0.1) is 0 Å². The van der Waals surface area contributed by atoms with Gasteiger partial charge in [-0.2, -0.15) is 4.39 Å². The van der Waals surface area contributed by atoms with Gasteiger partial charge in [-0.3, -0.25) is 4.79 Å². The van der Waals surface area contributed by atoms with Gasteiger partial charge >= 0.3 is 0 Å². The molecule has 2 N–H and O–H groups in total. The number of carbonyl (C=O) groups is 1. The lowest BCUT2D eigenvalue weighted by Crippen LogP contribution is -2.46. The first-order chi connectivity index (χ1) is 11.3. The van der Waals surface area contributed by atoms with Crippen molar-refractivity contribution in [2.75, 3.05) is 0 Å². The number of rotatable bonds is 2. The third-order valence-corrected chi connectivity index (χ3v) is 6.29. The molecule has 4 rings (SSSR count). The standard InChI is InChI=1S/C19H24FN3O/c1-9-5-11-7-14(22-16(11)17(20)21-9)18(24)23-15-10(2)13-6-12(15)8-19(13,3)4/h5,7,10,12-13,15,22H,6,8H2,1-4H3,(H,23,24)/t10-,12?,13-,15+/m0/s1. The summed E-state index contributed by atoms with van der Waals surface area (Å²) in [7, 11) is 0. The smallest absolute Gasteiger partial charge is 0.267 e. The van der Waals surface area contributed by atoms with E-state index in [1.54, 1.807) is 19.1 Å². The van der Waals surface area contributed by atoms with E-state index < -0.39 is 5.95 Å². The highest BCUT2D eigenvalue weighted by Gasteiger charge is 2.54. The Bertz CT molecular complexity index is 823. The maximum atomic E-state index is 13.9. The second-order valence-electron chi connectivity index (χ2n) is 8.36. The van der Waals surface area contributed by atoms with E-state index in [9.17, 15) is 9.18 Å². The second-order valence-corrected chi connectivity index (χ2v) is 8.36. The molecule has 2 fully saturated rings. The number of hydrogen-bond donors (Lipinski definition) is 2. The van der Waals surface area contributed by atoms with Gasteiger partial charge in [0.2, 0.25) is 5.95 Å². The van der Waals surface area contributed by atoms with E-state index in [1.807, 2.05) is 0 Å². The van der Waals surface area contributed by atoms with Gasteiger partial charge in [-0.05, 0) is 55.1 Å². The summed E-state index contributed by atoms with van der Waals surface area (Å²) in [4.78, 5) is 19.4. The van der Waals surface area contributed by atoms with Gasteiger partial charge in [0, 0.05) is 17.1 Å². The minimum atomic E-state index is -0.556. The van der Waals surface area contributed by atoms with Crippen molar-refractivity contribution >= 4 is 16.8 Å². The van der Waals surface area contributed by atoms with E-state index in [2.05, 4.69) is 36.1 Å². The topological polar surface area (TPSA) is 57.8 Å². The number of fused-ring (bicyclic) bond motifs is 3. The highest BCUT2D eigenvalue weighted by atomic mass is 19.1. The van der Waals surface area contributed by atoms with Crippen molar-refractivity contribution in [2.45, 2.75) is 46.6 Å². The van der Waals surface area contributed by atoms with E-state index in [0.29, 0.717) is 45.5 Å². The summed E-state index contributed by atoms with van der Waals surface area (Å²) < 4.78 is 13.9. The Labute approximate surface area is 141 Å². The van der Waals surface area contributed by atoms with Crippen LogP contribution in [0.25, 0.3) is 10.9 Å². The van der Waals surface area contributed by atoms with Crippen LogP contribution in [-0.4, -0.2) is 21.9 Å². The van der Waals surface area contributed by atoms with Gasteiger partial charge in [-0.1, -0.05) is 20.8 Å². The highest BCUT2D eigenvalue weighted by Crippen LogP contribution is 2.58. The Morgan fingerprint density at radius 1 is 1.42 bits per heavy atom. The zero-order valence-corrected chi connectivity index (χ0v) is 14.6. The van der Waals surface area contributed by atoms with Crippen LogP contribution in [0, 0.1) is 36.0 Å². The molecule has 2 bridgehead atoms. The van der Waals surface area contributed by atoms with Crippen molar-refractivity contribution < 1.29 is 9.18 Å². The molecule has 2 saturated carbocycles. The number of carbonyl (C=O) groups excluding carboxylic acids is 1. The van der Waals surface area contributed by atoms with E-state index >= 15 is 0 Å². The fraction of sp³-hybridized carbons (Fsp3) is 0.579. The van der Waals surface area contributed by atoms with Gasteiger partial charge in [-0.15, -0.1) is 0 Å². The van der Waals surface area contributed by atoms with Crippen LogP contribution in [0.1, 0.15) is 49.8 Å². The Morgan fingerprint density at radius 2 is 2.17 bits per heavy atom. The fourth-order valence-corrected chi connectivity index (χ4v) is 5.26. The summed E-state index contributed by atoms with van der Waals surface area (Å²) in [6.07, 6.45) is 2.36. The summed E-state index contributed by atoms with van der Waals surface area (Å²) in [6, 6.07) is 3.71. The first kappa shape index (κ1) is 15.6. The Morgan fingerprint density at radius 3 is 2.83 bits per heavy atom. The summed E-state index contributed by atoms with van der Waals surface area (Å²) in [5, 5.41) is 3.88. The van der Waals surface area contributed by atoms with Crippen LogP contribution in [0.15, 0.2) is 12.1 Å². The first-order valence-corrected chi connectivity index (χ1v) is 8.73. The minimum Gasteiger partial charge on any atom is -0.347 e. The van der Waals surface area contributed by atoms with Crippen molar-refractivity contribution in [3.05, 3.63) is 29.5 Å². The molecule has 2 aliphatic carbocycles. The third-order valence-electron chi connectivity index (χ3n) is 6.29. The van der Waals surface area contributed by atoms with Crippen LogP contribution in [0.3, 0.4) is 0 Å². The van der Waals surface area contributed by atoms with Crippen LogP contribution >= 0.6 is 0 Å². The molecule has 2 aromatic heterocycles. The second kappa shape index (κ2) is 5.04. The SMILES string of the molecule is Cc1cc2cc(C(=O)N[C@H]3C4C[C@@H]([C@@H]3C)C(C)(C)C4)[nH]c2c(F)n1. The van der Waals surface area contributed by atoms with E-state index in [-0.39, 0.29) is 11.9 Å². The van der Waals surface area contributed by atoms with Gasteiger partial charge in [-0.25, -0.2) is 4.98 Å². The largest absolute Gasteiger partial charge is 0.347 e. The maximum absolute atomic E-state index is 13.9. The molecule has 0 radical (unpaired) electrons. The summed E-state index contributed by atoms with van der Waals surface area (Å²) in [5.41, 5.74) is 1.69. The molecular formula is C19H24FN3O. The number of halogens is 1. The van der Waals surface area contributed by atoms with Crippen molar-refractivity contribution in [1.82, 2.24) is 15.3 Å². The van der Waals surface area contributed by atoms with Crippen LogP contribution < -0.4 is 5.32 Å². The normalized spacial score (nSPS) is 30.9. The lowest BCUT2D eigenvalue weighted by Gasteiger charge is -2.39. The number of aromatic amines is 1. The Balaban J connectivity index is 1.56. The maximum Gasteiger partial charge on any atom is 0.267 e. The first-order valence-electron chi connectivity index (χ1n) is 8.73. The van der Waals surface area contributed by atoms with Crippen molar-refractivity contribution in [3.63, 3.8) is 0 Å². The lowest BCUT2D eigenvalue weighted by molar-refractivity contribution is 0.0832. The molecule has 0 aliphatic heterocycles. The van der Waals surface area contributed by atoms with Crippen LogP contribution in [0.2, 0.25) is 0 Å². The summed E-state index contributed by atoms with van der Waals surface area (Å²) >= 11 is 0. The molecule has 24 heavy (non-hydrogen) atoms. The lowest BCUT2D eigenvalue weighted by atomic mass is 9.70. The molecule has 2 aromatic rings. The number of nitrogens with zero attached hydrogens (tertiary/aromatic N) is 1. The van der Waals surface area contributed by atoms with Crippen molar-refractivity contribution in [3.8, 4) is 0 Å². The van der Waals surface area contributed by atoms with E-state index in [1.165, 1.54) is 6.42 Å². The molecule has 128 valence electrons. The monoisotopic (exact) mass is 329 g/mol. The minimum absolute atomic E-state index is 0.148. The number of H-pyrrole nitrogens is 1. The molecule has 1 amide bonds. The number of amides is 1. The molecule has 2 aliphatic rings. The molecule has 2 heterocycles. The van der Waals surface area contributed by atoms with Gasteiger partial charge in [0.25, 0.3) is 5.91 Å². The zero-order chi connectivity index (χ0) is 17.2. The van der Waals surface area contributed by atoms with Gasteiger partial charge in [0.15, 0.2) is 0 Å². The van der Waals surface area contributed by atoms with Gasteiger partial charge in [0.1, 0.15) is 11.2 Å². The molecule has 0 saturated heterocycles. The van der Waals surface area contributed by atoms with E-state index in [4.69, 9.17) is 0 Å². The van der Waals surface area contributed by atoms with Crippen LogP contribution in [0.5, 0.6) is 0 Å². The van der Waals surface area contributed by atoms with Crippen molar-refractivity contribution in [1.29, 1.82) is 0 Å². The Kier molecular flexibility index (Phi) is 3.28. The number of nitrogens with one attached hydrogen (secondary N) is 2. The number of aromatic nitrogens is 2. The molecule has 4 nitrogen and oxygen atoms in total. The predicted molar refractivity (Wildman–Crippen MR) is 91.2 cm³/mol. The van der Waals surface area contributed by atoms with Crippen LogP contribution in [-0.2, 0) is 0 Å². The fourth-order valence-electron chi connectivity index (χ4n) is 5.26. The average Bonchev–Trinajstić information content (AvgIpc) is 3.11. The molecule has 5 heteroatoms. The highest BCUT2D eigenvalue weighted by molar-refractivity contribution is 5.98. The zero-order valence-electron chi connectivity index (χ0n) is 14.6. The molecule has 0 aromatic carbocycles. The third kappa shape index (κ3) is 2.25. The summed E-state index contributed by atoms with van der Waals surface area (Å²) in [6.45, 7) is 8.66. The van der Waals surface area contributed by atoms with E-state index in [0.717, 1.165) is 6.42 Å². The van der Waals surface area contributed by atoms with Gasteiger partial charge < -0.3 is 10.3 Å². The summed E-state index contributed by atoms with van der Waals surface area (Å²) in [5.74, 6) is 0.992. The Hall–Kier alpha value is -1.91. The van der Waals surface area contributed by atoms with Crippen molar-refractivity contribution in [2.24, 2.45) is 23.2 Å². The molecular weight excluding hydrogens is 305 g/mol. The predicted octanol–water partition coefficient (Wildman–Crippen LogP) is 3.81. The van der Waals surface area contributed by atoms with Crippen LogP contribution in [0.4, 0.5) is 4.39 Å². The number of pyridine rings is 1.